The smallest absolute Gasteiger partial charge is 0.0628 e. The van der Waals surface area contributed by atoms with E-state index in [-0.39, 0.29) is 12.6 Å². The first-order valence-electron chi connectivity index (χ1n) is 6.05. The number of hydrogen-bond donors (Lipinski definition) is 2. The average molecular weight is 255 g/mol. The van der Waals surface area contributed by atoms with Crippen molar-refractivity contribution in [3.8, 4) is 0 Å². The number of nitrogens with one attached hydrogen (secondary N) is 1. The molecule has 2 atom stereocenters. The summed E-state index contributed by atoms with van der Waals surface area (Å²) in [6.07, 6.45) is 0. The Morgan fingerprint density at radius 2 is 2.41 bits per heavy atom. The predicted octanol–water partition coefficient (Wildman–Crippen LogP) is 1.67. The fourth-order valence-electron chi connectivity index (χ4n) is 2.44. The van der Waals surface area contributed by atoms with Crippen LogP contribution >= 0.6 is 11.6 Å². The molecule has 1 aliphatic heterocycles. The molecule has 4 heteroatoms. The lowest BCUT2D eigenvalue weighted by Crippen LogP contribution is -2.51. The molecule has 2 rings (SSSR count). The zero-order valence-electron chi connectivity index (χ0n) is 10.1. The van der Waals surface area contributed by atoms with E-state index in [1.165, 1.54) is 0 Å². The Hall–Kier alpha value is -0.610. The van der Waals surface area contributed by atoms with E-state index in [1.807, 2.05) is 24.3 Å². The molecule has 2 unspecified atom stereocenters. The molecule has 0 saturated carbocycles. The van der Waals surface area contributed by atoms with Crippen molar-refractivity contribution in [1.82, 2.24) is 10.2 Å². The molecule has 0 aliphatic carbocycles. The van der Waals surface area contributed by atoms with Gasteiger partial charge >= 0.3 is 0 Å². The van der Waals surface area contributed by atoms with Gasteiger partial charge in [-0.15, -0.1) is 0 Å². The molecule has 1 aliphatic rings. The van der Waals surface area contributed by atoms with E-state index in [4.69, 9.17) is 11.6 Å². The highest BCUT2D eigenvalue weighted by Crippen LogP contribution is 2.25. The molecule has 0 amide bonds. The highest BCUT2D eigenvalue weighted by Gasteiger charge is 2.26. The van der Waals surface area contributed by atoms with Crippen LogP contribution in [0.25, 0.3) is 0 Å². The van der Waals surface area contributed by atoms with Crippen LogP contribution in [0.5, 0.6) is 0 Å². The largest absolute Gasteiger partial charge is 0.394 e. The van der Waals surface area contributed by atoms with Crippen molar-refractivity contribution < 1.29 is 5.11 Å². The molecule has 2 N–H and O–H groups in total. The SMILES string of the molecule is CC1CNCCN1C(CO)c1cccc(Cl)c1. The Morgan fingerprint density at radius 3 is 3.06 bits per heavy atom. The minimum absolute atomic E-state index is 0.0470. The Kier molecular flexibility index (Phi) is 4.40. The monoisotopic (exact) mass is 254 g/mol. The maximum Gasteiger partial charge on any atom is 0.0628 e. The third-order valence-corrected chi connectivity index (χ3v) is 3.59. The van der Waals surface area contributed by atoms with Gasteiger partial charge in [0.05, 0.1) is 12.6 Å². The maximum absolute atomic E-state index is 9.64. The van der Waals surface area contributed by atoms with Gasteiger partial charge in [0.25, 0.3) is 0 Å². The van der Waals surface area contributed by atoms with Gasteiger partial charge < -0.3 is 10.4 Å². The van der Waals surface area contributed by atoms with E-state index in [0.29, 0.717) is 6.04 Å². The summed E-state index contributed by atoms with van der Waals surface area (Å²) in [6.45, 7) is 5.21. The number of halogens is 1. The van der Waals surface area contributed by atoms with Gasteiger partial charge in [-0.05, 0) is 24.6 Å². The molecule has 1 heterocycles. The highest BCUT2D eigenvalue weighted by atomic mass is 35.5. The summed E-state index contributed by atoms with van der Waals surface area (Å²) >= 11 is 6.01. The van der Waals surface area contributed by atoms with Gasteiger partial charge in [-0.25, -0.2) is 0 Å². The number of nitrogens with zero attached hydrogens (tertiary/aromatic N) is 1. The molecule has 0 bridgehead atoms. The number of benzene rings is 1. The summed E-state index contributed by atoms with van der Waals surface area (Å²) in [6, 6.07) is 8.25. The van der Waals surface area contributed by atoms with Crippen molar-refractivity contribution in [1.29, 1.82) is 0 Å². The van der Waals surface area contributed by atoms with E-state index in [1.54, 1.807) is 0 Å². The molecule has 1 saturated heterocycles. The van der Waals surface area contributed by atoms with Crippen molar-refractivity contribution in [3.05, 3.63) is 34.9 Å². The second kappa shape index (κ2) is 5.83. The molecule has 94 valence electrons. The van der Waals surface area contributed by atoms with E-state index in [0.717, 1.165) is 30.2 Å². The summed E-state index contributed by atoms with van der Waals surface area (Å²) in [5.41, 5.74) is 1.09. The van der Waals surface area contributed by atoms with Crippen LogP contribution in [0.1, 0.15) is 18.5 Å². The lowest BCUT2D eigenvalue weighted by molar-refractivity contribution is 0.0723. The zero-order valence-corrected chi connectivity index (χ0v) is 10.8. The van der Waals surface area contributed by atoms with Gasteiger partial charge in [-0.1, -0.05) is 23.7 Å². The summed E-state index contributed by atoms with van der Waals surface area (Å²) in [5, 5.41) is 13.7. The van der Waals surface area contributed by atoms with Crippen LogP contribution in [0.3, 0.4) is 0 Å². The minimum Gasteiger partial charge on any atom is -0.394 e. The van der Waals surface area contributed by atoms with Gasteiger partial charge in [-0.3, -0.25) is 4.90 Å². The molecular formula is C13H19ClN2O. The zero-order chi connectivity index (χ0) is 12.3. The number of aliphatic hydroxyl groups excluding tert-OH is 1. The lowest BCUT2D eigenvalue weighted by atomic mass is 10.0. The van der Waals surface area contributed by atoms with Gasteiger partial charge in [0.2, 0.25) is 0 Å². The third kappa shape index (κ3) is 2.99. The summed E-state index contributed by atoms with van der Waals surface area (Å²) in [5.74, 6) is 0. The molecule has 17 heavy (non-hydrogen) atoms. The van der Waals surface area contributed by atoms with E-state index in [2.05, 4.69) is 17.1 Å². The Balaban J connectivity index is 2.20. The van der Waals surface area contributed by atoms with Crippen LogP contribution < -0.4 is 5.32 Å². The van der Waals surface area contributed by atoms with E-state index in [9.17, 15) is 5.11 Å². The fraction of sp³-hybridized carbons (Fsp3) is 0.538. The molecular weight excluding hydrogens is 236 g/mol. The number of piperazine rings is 1. The topological polar surface area (TPSA) is 35.5 Å². The predicted molar refractivity (Wildman–Crippen MR) is 70.3 cm³/mol. The Morgan fingerprint density at radius 1 is 1.59 bits per heavy atom. The first-order valence-corrected chi connectivity index (χ1v) is 6.43. The summed E-state index contributed by atoms with van der Waals surface area (Å²) < 4.78 is 0. The van der Waals surface area contributed by atoms with Gasteiger partial charge in [0, 0.05) is 30.7 Å². The Labute approximate surface area is 107 Å². The third-order valence-electron chi connectivity index (χ3n) is 3.36. The first-order chi connectivity index (χ1) is 8.22. The minimum atomic E-state index is 0.0470. The molecule has 0 spiro atoms. The standard InChI is InChI=1S/C13H19ClN2O/c1-10-8-15-5-6-16(10)13(9-17)11-3-2-4-12(14)7-11/h2-4,7,10,13,15,17H,5-6,8-9H2,1H3. The van der Waals surface area contributed by atoms with E-state index < -0.39 is 0 Å². The molecule has 0 aromatic heterocycles. The second-order valence-corrected chi connectivity index (χ2v) is 4.98. The van der Waals surface area contributed by atoms with Gasteiger partial charge in [0.1, 0.15) is 0 Å². The van der Waals surface area contributed by atoms with Crippen LogP contribution in [-0.2, 0) is 0 Å². The van der Waals surface area contributed by atoms with Crippen LogP contribution in [0.2, 0.25) is 5.02 Å². The lowest BCUT2D eigenvalue weighted by Gasteiger charge is -2.39. The van der Waals surface area contributed by atoms with Crippen molar-refractivity contribution in [2.24, 2.45) is 0 Å². The van der Waals surface area contributed by atoms with Crippen molar-refractivity contribution >= 4 is 11.6 Å². The quantitative estimate of drug-likeness (QED) is 0.861. The molecule has 3 nitrogen and oxygen atoms in total. The van der Waals surface area contributed by atoms with E-state index >= 15 is 0 Å². The fourth-order valence-corrected chi connectivity index (χ4v) is 2.63. The molecule has 1 aromatic carbocycles. The normalized spacial score (nSPS) is 23.6. The van der Waals surface area contributed by atoms with Crippen LogP contribution in [0.15, 0.2) is 24.3 Å². The van der Waals surface area contributed by atoms with Crippen LogP contribution in [0, 0.1) is 0 Å². The van der Waals surface area contributed by atoms with Crippen molar-refractivity contribution in [2.75, 3.05) is 26.2 Å². The molecule has 1 aromatic rings. The summed E-state index contributed by atoms with van der Waals surface area (Å²) in [7, 11) is 0. The van der Waals surface area contributed by atoms with Gasteiger partial charge in [0.15, 0.2) is 0 Å². The van der Waals surface area contributed by atoms with Crippen LogP contribution in [0.4, 0.5) is 0 Å². The van der Waals surface area contributed by atoms with Crippen molar-refractivity contribution in [2.45, 2.75) is 19.0 Å². The highest BCUT2D eigenvalue weighted by molar-refractivity contribution is 6.30. The Bertz CT molecular complexity index is 372. The maximum atomic E-state index is 9.64. The van der Waals surface area contributed by atoms with Crippen molar-refractivity contribution in [3.63, 3.8) is 0 Å². The number of rotatable bonds is 3. The number of hydrogen-bond acceptors (Lipinski definition) is 3. The molecule has 0 radical (unpaired) electrons. The number of aliphatic hydroxyl groups is 1. The average Bonchev–Trinajstić information content (AvgIpc) is 2.33. The van der Waals surface area contributed by atoms with Gasteiger partial charge in [-0.2, -0.15) is 0 Å². The summed E-state index contributed by atoms with van der Waals surface area (Å²) in [4.78, 5) is 2.34. The molecule has 1 fully saturated rings. The van der Waals surface area contributed by atoms with Crippen LogP contribution in [-0.4, -0.2) is 42.3 Å². The second-order valence-electron chi connectivity index (χ2n) is 4.54. The first kappa shape index (κ1) is 12.8.